The third-order valence-corrected chi connectivity index (χ3v) is 4.21. The summed E-state index contributed by atoms with van der Waals surface area (Å²) >= 11 is 18.4. The fourth-order valence-electron chi connectivity index (χ4n) is 1.89. The van der Waals surface area contributed by atoms with E-state index in [1.807, 2.05) is 0 Å². The lowest BCUT2D eigenvalue weighted by molar-refractivity contribution is -0.143. The van der Waals surface area contributed by atoms with Crippen molar-refractivity contribution in [3.05, 3.63) is 38.5 Å². The van der Waals surface area contributed by atoms with Crippen LogP contribution in [0.3, 0.4) is 0 Å². The standard InChI is InChI=1S/C17H19Cl3N2O4/c1-5-21-16(24)13-14(19)11(18)6-12(15(13)20)22-7-10(9(4)23)17(25)26-8(2)3/h6-8,22H,5H2,1-4H3,(H,21,24). The molecular formula is C17H19Cl3N2O4. The van der Waals surface area contributed by atoms with Crippen molar-refractivity contribution in [2.45, 2.75) is 33.8 Å². The summed E-state index contributed by atoms with van der Waals surface area (Å²) in [7, 11) is 0. The maximum Gasteiger partial charge on any atom is 0.343 e. The van der Waals surface area contributed by atoms with Crippen molar-refractivity contribution in [1.82, 2.24) is 5.32 Å². The van der Waals surface area contributed by atoms with Crippen LogP contribution in [-0.2, 0) is 14.3 Å². The molecule has 0 radical (unpaired) electrons. The van der Waals surface area contributed by atoms with Crippen LogP contribution < -0.4 is 10.6 Å². The number of anilines is 1. The first-order chi connectivity index (χ1) is 12.1. The van der Waals surface area contributed by atoms with Crippen molar-refractivity contribution in [3.8, 4) is 0 Å². The minimum Gasteiger partial charge on any atom is -0.459 e. The summed E-state index contributed by atoms with van der Waals surface area (Å²) in [5.41, 5.74) is -0.00784. The van der Waals surface area contributed by atoms with Gasteiger partial charge in [0, 0.05) is 12.7 Å². The van der Waals surface area contributed by atoms with E-state index < -0.39 is 17.7 Å². The van der Waals surface area contributed by atoms with Crippen molar-refractivity contribution in [1.29, 1.82) is 0 Å². The maximum atomic E-state index is 12.2. The molecular weight excluding hydrogens is 403 g/mol. The molecule has 0 aliphatic heterocycles. The highest BCUT2D eigenvalue weighted by molar-refractivity contribution is 6.47. The Kier molecular flexibility index (Phi) is 8.40. The molecule has 1 aromatic carbocycles. The molecule has 0 heterocycles. The number of rotatable bonds is 7. The van der Waals surface area contributed by atoms with Gasteiger partial charge in [-0.05, 0) is 33.8 Å². The molecule has 1 rings (SSSR count). The first kappa shape index (κ1) is 22.3. The molecule has 0 saturated heterocycles. The molecule has 1 aromatic rings. The number of Topliss-reactive ketones (excluding diaryl/α,β-unsaturated/α-hetero) is 1. The SMILES string of the molecule is CCNC(=O)c1c(Cl)c(Cl)cc(NC=C(C(C)=O)C(=O)OC(C)C)c1Cl. The number of carbonyl (C=O) groups is 3. The number of ether oxygens (including phenoxy) is 1. The number of benzene rings is 1. The maximum absolute atomic E-state index is 12.2. The summed E-state index contributed by atoms with van der Waals surface area (Å²) < 4.78 is 5.02. The molecule has 0 saturated carbocycles. The average molecular weight is 422 g/mol. The Morgan fingerprint density at radius 3 is 2.31 bits per heavy atom. The second-order valence-electron chi connectivity index (χ2n) is 5.48. The van der Waals surface area contributed by atoms with Gasteiger partial charge in [0.05, 0.1) is 32.4 Å². The van der Waals surface area contributed by atoms with Gasteiger partial charge in [0.2, 0.25) is 0 Å². The van der Waals surface area contributed by atoms with Gasteiger partial charge in [-0.1, -0.05) is 34.8 Å². The summed E-state index contributed by atoms with van der Waals surface area (Å²) in [4.78, 5) is 35.8. The molecule has 0 bridgehead atoms. The third kappa shape index (κ3) is 5.62. The lowest BCUT2D eigenvalue weighted by atomic mass is 10.1. The first-order valence-corrected chi connectivity index (χ1v) is 8.87. The lowest BCUT2D eigenvalue weighted by Crippen LogP contribution is -2.23. The van der Waals surface area contributed by atoms with Crippen LogP contribution >= 0.6 is 34.8 Å². The highest BCUT2D eigenvalue weighted by Crippen LogP contribution is 2.37. The van der Waals surface area contributed by atoms with Crippen LogP contribution in [0.25, 0.3) is 0 Å². The summed E-state index contributed by atoms with van der Waals surface area (Å²) in [5, 5.41) is 5.39. The number of ketones is 1. The predicted molar refractivity (Wildman–Crippen MR) is 103 cm³/mol. The van der Waals surface area contributed by atoms with Gasteiger partial charge < -0.3 is 15.4 Å². The van der Waals surface area contributed by atoms with Gasteiger partial charge in [-0.15, -0.1) is 0 Å². The Balaban J connectivity index is 3.29. The van der Waals surface area contributed by atoms with Crippen molar-refractivity contribution in [3.63, 3.8) is 0 Å². The molecule has 0 atom stereocenters. The minimum atomic E-state index is -0.778. The van der Waals surface area contributed by atoms with E-state index in [4.69, 9.17) is 39.5 Å². The van der Waals surface area contributed by atoms with E-state index in [-0.39, 0.29) is 38.0 Å². The third-order valence-electron chi connectivity index (χ3n) is 3.03. The summed E-state index contributed by atoms with van der Waals surface area (Å²) in [5.74, 6) is -1.77. The topological polar surface area (TPSA) is 84.5 Å². The van der Waals surface area contributed by atoms with Gasteiger partial charge in [0.1, 0.15) is 5.57 Å². The van der Waals surface area contributed by atoms with Crippen molar-refractivity contribution >= 4 is 58.1 Å². The molecule has 26 heavy (non-hydrogen) atoms. The fourth-order valence-corrected chi connectivity index (χ4v) is 2.67. The predicted octanol–water partition coefficient (Wildman–Crippen LogP) is 4.23. The zero-order valence-electron chi connectivity index (χ0n) is 14.7. The highest BCUT2D eigenvalue weighted by atomic mass is 35.5. The molecule has 0 fully saturated rings. The largest absolute Gasteiger partial charge is 0.459 e. The van der Waals surface area contributed by atoms with E-state index in [1.165, 1.54) is 13.0 Å². The van der Waals surface area contributed by atoms with Crippen LogP contribution in [0, 0.1) is 0 Å². The number of halogens is 3. The Morgan fingerprint density at radius 2 is 1.81 bits per heavy atom. The van der Waals surface area contributed by atoms with Gasteiger partial charge in [0.25, 0.3) is 5.91 Å². The second-order valence-corrected chi connectivity index (χ2v) is 6.64. The van der Waals surface area contributed by atoms with Gasteiger partial charge in [-0.25, -0.2) is 4.79 Å². The van der Waals surface area contributed by atoms with Gasteiger partial charge in [0.15, 0.2) is 5.78 Å². The first-order valence-electron chi connectivity index (χ1n) is 7.74. The van der Waals surface area contributed by atoms with E-state index in [2.05, 4.69) is 10.6 Å². The van der Waals surface area contributed by atoms with E-state index in [0.29, 0.717) is 6.54 Å². The molecule has 142 valence electrons. The van der Waals surface area contributed by atoms with Crippen LogP contribution in [0.4, 0.5) is 5.69 Å². The molecule has 2 N–H and O–H groups in total. The lowest BCUT2D eigenvalue weighted by Gasteiger charge is -2.14. The highest BCUT2D eigenvalue weighted by Gasteiger charge is 2.22. The van der Waals surface area contributed by atoms with E-state index >= 15 is 0 Å². The second kappa shape index (κ2) is 9.80. The van der Waals surface area contributed by atoms with Gasteiger partial charge in [-0.2, -0.15) is 0 Å². The van der Waals surface area contributed by atoms with Crippen LogP contribution in [0.1, 0.15) is 38.1 Å². The molecule has 1 amide bonds. The minimum absolute atomic E-state index is 0.00160. The Morgan fingerprint density at radius 1 is 1.19 bits per heavy atom. The van der Waals surface area contributed by atoms with Crippen LogP contribution in [-0.4, -0.2) is 30.3 Å². The normalized spacial score (nSPS) is 11.3. The number of esters is 1. The molecule has 0 aromatic heterocycles. The average Bonchev–Trinajstić information content (AvgIpc) is 2.51. The Hall–Kier alpha value is -1.76. The van der Waals surface area contributed by atoms with E-state index in [9.17, 15) is 14.4 Å². The fraction of sp³-hybridized carbons (Fsp3) is 0.353. The number of nitrogens with one attached hydrogen (secondary N) is 2. The zero-order chi connectivity index (χ0) is 20.0. The van der Waals surface area contributed by atoms with Crippen molar-refractivity contribution in [2.24, 2.45) is 0 Å². The van der Waals surface area contributed by atoms with E-state index in [0.717, 1.165) is 6.20 Å². The van der Waals surface area contributed by atoms with Gasteiger partial charge >= 0.3 is 5.97 Å². The quantitative estimate of drug-likeness (QED) is 0.226. The van der Waals surface area contributed by atoms with Crippen LogP contribution in [0.2, 0.25) is 15.1 Å². The molecule has 0 unspecified atom stereocenters. The van der Waals surface area contributed by atoms with Crippen molar-refractivity contribution < 1.29 is 19.1 Å². The Labute approximate surface area is 166 Å². The molecule has 0 aliphatic carbocycles. The number of carbonyl (C=O) groups excluding carboxylic acids is 3. The number of amides is 1. The molecule has 9 heteroatoms. The number of hydrogen-bond acceptors (Lipinski definition) is 5. The van der Waals surface area contributed by atoms with E-state index in [1.54, 1.807) is 20.8 Å². The van der Waals surface area contributed by atoms with Crippen molar-refractivity contribution in [2.75, 3.05) is 11.9 Å². The molecule has 0 aliphatic rings. The zero-order valence-corrected chi connectivity index (χ0v) is 17.0. The summed E-state index contributed by atoms with van der Waals surface area (Å²) in [6.45, 7) is 6.67. The molecule has 0 spiro atoms. The monoisotopic (exact) mass is 420 g/mol. The van der Waals surface area contributed by atoms with Gasteiger partial charge in [-0.3, -0.25) is 9.59 Å². The Bertz CT molecular complexity index is 761. The molecule has 6 nitrogen and oxygen atoms in total. The summed E-state index contributed by atoms with van der Waals surface area (Å²) in [6, 6.07) is 1.39. The van der Waals surface area contributed by atoms with Crippen LogP contribution in [0.5, 0.6) is 0 Å². The van der Waals surface area contributed by atoms with Crippen LogP contribution in [0.15, 0.2) is 17.8 Å². The summed E-state index contributed by atoms with van der Waals surface area (Å²) in [6.07, 6.45) is 0.767. The smallest absolute Gasteiger partial charge is 0.343 e. The number of hydrogen-bond donors (Lipinski definition) is 2.